The Balaban J connectivity index is 1.31. The molecule has 4 nitrogen and oxygen atoms in total. The molecule has 0 N–H and O–H groups in total. The van der Waals surface area contributed by atoms with Gasteiger partial charge in [0.25, 0.3) is 0 Å². The van der Waals surface area contributed by atoms with Gasteiger partial charge in [-0.1, -0.05) is 140 Å². The second kappa shape index (κ2) is 11.2. The third-order valence-electron chi connectivity index (χ3n) is 8.71. The highest BCUT2D eigenvalue weighted by Gasteiger charge is 2.21. The fraction of sp³-hybridized carbons (Fsp3) is 0. The van der Waals surface area contributed by atoms with Crippen molar-refractivity contribution in [2.24, 2.45) is 0 Å². The molecule has 0 bridgehead atoms. The van der Waals surface area contributed by atoms with Crippen LogP contribution in [-0.4, -0.2) is 15.0 Å². The van der Waals surface area contributed by atoms with Gasteiger partial charge in [-0.05, 0) is 51.9 Å². The molecule has 0 saturated carbocycles. The lowest BCUT2D eigenvalue weighted by Gasteiger charge is -2.11. The fourth-order valence-electron chi connectivity index (χ4n) is 6.41. The lowest BCUT2D eigenvalue weighted by atomic mass is 9.98. The molecule has 0 fully saturated rings. The van der Waals surface area contributed by atoms with E-state index in [-0.39, 0.29) is 0 Å². The molecule has 7 aromatic carbocycles. The first-order valence-electron chi connectivity index (χ1n) is 15.7. The number of nitrogens with zero attached hydrogens (tertiary/aromatic N) is 3. The quantitative estimate of drug-likeness (QED) is 0.197. The molecule has 0 radical (unpaired) electrons. The molecule has 9 rings (SSSR count). The third kappa shape index (κ3) is 4.84. The predicted molar refractivity (Wildman–Crippen MR) is 192 cm³/mol. The number of furan rings is 1. The van der Waals surface area contributed by atoms with Crippen LogP contribution < -0.4 is 0 Å². The van der Waals surface area contributed by atoms with Crippen LogP contribution in [0.4, 0.5) is 0 Å². The van der Waals surface area contributed by atoms with Crippen molar-refractivity contribution in [1.29, 1.82) is 0 Å². The van der Waals surface area contributed by atoms with Gasteiger partial charge in [0, 0.05) is 32.8 Å². The van der Waals surface area contributed by atoms with E-state index in [0.717, 1.165) is 71.7 Å². The molecule has 4 heteroatoms. The van der Waals surface area contributed by atoms with Gasteiger partial charge in [0.05, 0.1) is 0 Å². The zero-order chi connectivity index (χ0) is 31.2. The van der Waals surface area contributed by atoms with Gasteiger partial charge in [0.15, 0.2) is 17.5 Å². The Kier molecular flexibility index (Phi) is 6.43. The van der Waals surface area contributed by atoms with Gasteiger partial charge in [-0.25, -0.2) is 15.0 Å². The Hall–Kier alpha value is -6.39. The van der Waals surface area contributed by atoms with Crippen molar-refractivity contribution in [2.75, 3.05) is 0 Å². The summed E-state index contributed by atoms with van der Waals surface area (Å²) in [6.07, 6.45) is 0. The minimum Gasteiger partial charge on any atom is -0.455 e. The standard InChI is InChI=1S/C43H27N3O/c1-4-13-28(14-5-1)31-20-12-21-34(25-31)42-44-41(30-17-8-3-9-18-30)45-43(46-42)37-26-33-19-10-11-22-35(33)40-39(37)36-24-23-32(27-38(36)47-40)29-15-6-2-7-16-29/h1-27H. The van der Waals surface area contributed by atoms with Gasteiger partial charge in [-0.15, -0.1) is 0 Å². The predicted octanol–water partition coefficient (Wildman–Crippen LogP) is 11.3. The van der Waals surface area contributed by atoms with Crippen LogP contribution in [0.15, 0.2) is 168 Å². The van der Waals surface area contributed by atoms with Crippen LogP contribution in [0.5, 0.6) is 0 Å². The second-order valence-corrected chi connectivity index (χ2v) is 11.6. The normalized spacial score (nSPS) is 11.4. The van der Waals surface area contributed by atoms with E-state index in [1.165, 1.54) is 0 Å². The lowest BCUT2D eigenvalue weighted by Crippen LogP contribution is -2.00. The van der Waals surface area contributed by atoms with Crippen LogP contribution >= 0.6 is 0 Å². The van der Waals surface area contributed by atoms with E-state index in [0.29, 0.717) is 17.5 Å². The highest BCUT2D eigenvalue weighted by Crippen LogP contribution is 2.42. The molecule has 0 aliphatic heterocycles. The number of benzene rings is 7. The van der Waals surface area contributed by atoms with E-state index >= 15 is 0 Å². The highest BCUT2D eigenvalue weighted by atomic mass is 16.3. The monoisotopic (exact) mass is 601 g/mol. The molecular weight excluding hydrogens is 574 g/mol. The molecule has 2 aromatic heterocycles. The van der Waals surface area contributed by atoms with E-state index in [9.17, 15) is 0 Å². The zero-order valence-corrected chi connectivity index (χ0v) is 25.3. The molecule has 0 spiro atoms. The van der Waals surface area contributed by atoms with Crippen LogP contribution in [0.25, 0.3) is 89.1 Å². The van der Waals surface area contributed by atoms with Crippen molar-refractivity contribution in [3.8, 4) is 56.4 Å². The average molecular weight is 602 g/mol. The number of hydrogen-bond donors (Lipinski definition) is 0. The molecule has 9 aromatic rings. The Morgan fingerprint density at radius 1 is 0.362 bits per heavy atom. The van der Waals surface area contributed by atoms with Crippen LogP contribution in [0, 0.1) is 0 Å². The van der Waals surface area contributed by atoms with Gasteiger partial charge in [0.2, 0.25) is 0 Å². The third-order valence-corrected chi connectivity index (χ3v) is 8.71. The van der Waals surface area contributed by atoms with Crippen molar-refractivity contribution in [3.05, 3.63) is 164 Å². The maximum atomic E-state index is 6.71. The molecule has 2 heterocycles. The van der Waals surface area contributed by atoms with Crippen LogP contribution in [0.2, 0.25) is 0 Å². The first-order valence-corrected chi connectivity index (χ1v) is 15.7. The van der Waals surface area contributed by atoms with Crippen molar-refractivity contribution in [1.82, 2.24) is 15.0 Å². The van der Waals surface area contributed by atoms with E-state index in [1.54, 1.807) is 0 Å². The summed E-state index contributed by atoms with van der Waals surface area (Å²) in [6, 6.07) is 56.2. The molecule has 220 valence electrons. The molecule has 0 saturated heterocycles. The van der Waals surface area contributed by atoms with E-state index in [1.807, 2.05) is 42.5 Å². The summed E-state index contributed by atoms with van der Waals surface area (Å²) < 4.78 is 6.71. The van der Waals surface area contributed by atoms with E-state index in [2.05, 4.69) is 121 Å². The molecular formula is C43H27N3O. The number of rotatable bonds is 5. The van der Waals surface area contributed by atoms with Gasteiger partial charge in [-0.2, -0.15) is 0 Å². The fourth-order valence-corrected chi connectivity index (χ4v) is 6.41. The minimum atomic E-state index is 0.601. The summed E-state index contributed by atoms with van der Waals surface area (Å²) in [5.74, 6) is 1.84. The van der Waals surface area contributed by atoms with Crippen LogP contribution in [0.1, 0.15) is 0 Å². The molecule has 0 aliphatic carbocycles. The first-order chi connectivity index (χ1) is 23.3. The molecule has 0 unspecified atom stereocenters. The van der Waals surface area contributed by atoms with Crippen molar-refractivity contribution in [2.45, 2.75) is 0 Å². The van der Waals surface area contributed by atoms with Gasteiger partial charge < -0.3 is 4.42 Å². The smallest absolute Gasteiger partial charge is 0.164 e. The molecule has 47 heavy (non-hydrogen) atoms. The SMILES string of the molecule is c1ccc(-c2cccc(-c3nc(-c4ccccc4)nc(-c4cc5ccccc5c5oc6cc(-c7ccccc7)ccc6c45)n3)c2)cc1. The maximum absolute atomic E-state index is 6.71. The zero-order valence-electron chi connectivity index (χ0n) is 25.3. The van der Waals surface area contributed by atoms with Crippen LogP contribution in [-0.2, 0) is 0 Å². The Bertz CT molecular complexity index is 2560. The van der Waals surface area contributed by atoms with Crippen molar-refractivity contribution in [3.63, 3.8) is 0 Å². The van der Waals surface area contributed by atoms with Gasteiger partial charge in [-0.3, -0.25) is 0 Å². The summed E-state index contributed by atoms with van der Waals surface area (Å²) in [6.45, 7) is 0. The molecule has 0 aliphatic rings. The second-order valence-electron chi connectivity index (χ2n) is 11.6. The van der Waals surface area contributed by atoms with Gasteiger partial charge >= 0.3 is 0 Å². The molecule has 0 atom stereocenters. The van der Waals surface area contributed by atoms with E-state index < -0.39 is 0 Å². The topological polar surface area (TPSA) is 51.8 Å². The molecule has 0 amide bonds. The lowest BCUT2D eigenvalue weighted by molar-refractivity contribution is 0.673. The summed E-state index contributed by atoms with van der Waals surface area (Å²) in [4.78, 5) is 15.3. The first kappa shape index (κ1) is 27.0. The Morgan fingerprint density at radius 2 is 0.915 bits per heavy atom. The summed E-state index contributed by atoms with van der Waals surface area (Å²) in [5, 5.41) is 4.13. The largest absolute Gasteiger partial charge is 0.455 e. The maximum Gasteiger partial charge on any atom is 0.164 e. The Morgan fingerprint density at radius 3 is 1.64 bits per heavy atom. The number of hydrogen-bond acceptors (Lipinski definition) is 4. The summed E-state index contributed by atoms with van der Waals surface area (Å²) in [7, 11) is 0. The van der Waals surface area contributed by atoms with Crippen LogP contribution in [0.3, 0.4) is 0 Å². The number of aromatic nitrogens is 3. The Labute approximate surface area is 271 Å². The number of fused-ring (bicyclic) bond motifs is 5. The van der Waals surface area contributed by atoms with E-state index in [4.69, 9.17) is 19.4 Å². The van der Waals surface area contributed by atoms with Crippen molar-refractivity contribution < 1.29 is 4.42 Å². The van der Waals surface area contributed by atoms with Gasteiger partial charge in [0.1, 0.15) is 11.2 Å². The summed E-state index contributed by atoms with van der Waals surface area (Å²) >= 11 is 0. The summed E-state index contributed by atoms with van der Waals surface area (Å²) in [5.41, 5.74) is 8.91. The average Bonchev–Trinajstić information content (AvgIpc) is 3.55. The highest BCUT2D eigenvalue weighted by molar-refractivity contribution is 6.21. The minimum absolute atomic E-state index is 0.601. The van der Waals surface area contributed by atoms with Crippen molar-refractivity contribution >= 4 is 32.7 Å².